The molecule has 3 N–H and O–H groups in total. The van der Waals surface area contributed by atoms with Gasteiger partial charge in [-0.3, -0.25) is 14.6 Å². The first kappa shape index (κ1) is 24.1. The number of carbonyl (C=O) groups excluding carboxylic acids is 2. The molecule has 0 unspecified atom stereocenters. The molecule has 3 rings (SSSR count). The smallest absolute Gasteiger partial charge is 0.270 e. The molecule has 0 radical (unpaired) electrons. The Hall–Kier alpha value is -3.60. The summed E-state index contributed by atoms with van der Waals surface area (Å²) in [6.45, 7) is 2.84. The number of halogens is 2. The average Bonchev–Trinajstić information content (AvgIpc) is 3.18. The third-order valence-electron chi connectivity index (χ3n) is 5.05. The molecule has 1 aromatic carbocycles. The summed E-state index contributed by atoms with van der Waals surface area (Å²) in [7, 11) is -2.94. The number of primary amides is 1. The fraction of sp³-hybridized carbons (Fsp3) is 0.227. The highest BCUT2D eigenvalue weighted by atomic mass is 32.2. The molecular weight excluding hydrogens is 454 g/mol. The Morgan fingerprint density at radius 3 is 2.18 bits per heavy atom. The molecule has 0 aliphatic rings. The Labute approximate surface area is 189 Å². The van der Waals surface area contributed by atoms with Crippen LogP contribution in [0.4, 0.5) is 8.78 Å². The highest BCUT2D eigenvalue weighted by Gasteiger charge is 2.35. The number of aromatic nitrogens is 2. The zero-order valence-corrected chi connectivity index (χ0v) is 18.9. The second-order valence-electron chi connectivity index (χ2n) is 7.70. The Balaban J connectivity index is 2.16. The van der Waals surface area contributed by atoms with Crippen LogP contribution in [0.5, 0.6) is 0 Å². The van der Waals surface area contributed by atoms with E-state index in [2.05, 4.69) is 9.97 Å². The van der Waals surface area contributed by atoms with Gasteiger partial charge in [0.15, 0.2) is 0 Å². The summed E-state index contributed by atoms with van der Waals surface area (Å²) in [4.78, 5) is 31.9. The fourth-order valence-electron chi connectivity index (χ4n) is 3.48. The predicted molar refractivity (Wildman–Crippen MR) is 115 cm³/mol. The van der Waals surface area contributed by atoms with Crippen molar-refractivity contribution in [1.82, 2.24) is 14.9 Å². The molecule has 0 aliphatic carbocycles. The quantitative estimate of drug-likeness (QED) is 0.542. The van der Waals surface area contributed by atoms with Gasteiger partial charge in [0.05, 0.1) is 23.8 Å². The Bertz CT molecular complexity index is 1300. The fourth-order valence-corrected chi connectivity index (χ4v) is 5.27. The van der Waals surface area contributed by atoms with Crippen LogP contribution in [0.25, 0.3) is 0 Å². The molecule has 0 aliphatic heterocycles. The van der Waals surface area contributed by atoms with Gasteiger partial charge in [-0.2, -0.15) is 0 Å². The van der Waals surface area contributed by atoms with Crippen molar-refractivity contribution in [2.75, 3.05) is 7.05 Å². The van der Waals surface area contributed by atoms with Crippen LogP contribution in [0.15, 0.2) is 52.5 Å². The zero-order valence-electron chi connectivity index (χ0n) is 18.1. The van der Waals surface area contributed by atoms with E-state index in [1.807, 2.05) is 0 Å². The number of nitrogens with zero attached hydrogens (tertiary/aromatic N) is 2. The summed E-state index contributed by atoms with van der Waals surface area (Å²) in [6.07, 6.45) is 1.64. The van der Waals surface area contributed by atoms with Gasteiger partial charge in [0.25, 0.3) is 11.8 Å². The molecule has 0 saturated heterocycles. The summed E-state index contributed by atoms with van der Waals surface area (Å²) in [5, 5.41) is 0. The molecule has 3 aromatic rings. The lowest BCUT2D eigenvalue weighted by molar-refractivity contribution is 0.0775. The van der Waals surface area contributed by atoms with Gasteiger partial charge in [0.2, 0.25) is 9.84 Å². The maximum Gasteiger partial charge on any atom is 0.270 e. The number of nitrogens with one attached hydrogen (secondary N) is 1. The van der Waals surface area contributed by atoms with E-state index in [0.29, 0.717) is 0 Å². The highest BCUT2D eigenvalue weighted by molar-refractivity contribution is 7.91. The third kappa shape index (κ3) is 4.49. The minimum Gasteiger partial charge on any atom is -0.364 e. The van der Waals surface area contributed by atoms with Gasteiger partial charge >= 0.3 is 0 Å². The van der Waals surface area contributed by atoms with E-state index in [4.69, 9.17) is 5.73 Å². The molecule has 174 valence electrons. The van der Waals surface area contributed by atoms with E-state index in [-0.39, 0.29) is 21.7 Å². The summed E-state index contributed by atoms with van der Waals surface area (Å²) in [6, 6.07) is 7.40. The molecule has 2 heterocycles. The molecule has 11 heteroatoms. The van der Waals surface area contributed by atoms with E-state index < -0.39 is 56.3 Å². The normalized spacial score (nSPS) is 11.6. The third-order valence-corrected chi connectivity index (χ3v) is 6.90. The zero-order chi connectivity index (χ0) is 24.5. The molecular formula is C22H22F2N4O4S. The lowest BCUT2D eigenvalue weighted by Gasteiger charge is -2.19. The van der Waals surface area contributed by atoms with Crippen molar-refractivity contribution in [2.45, 2.75) is 36.1 Å². The van der Waals surface area contributed by atoms with Crippen molar-refractivity contribution >= 4 is 21.7 Å². The van der Waals surface area contributed by atoms with Gasteiger partial charge in [-0.05, 0) is 18.1 Å². The predicted octanol–water partition coefficient (Wildman–Crippen LogP) is 3.02. The summed E-state index contributed by atoms with van der Waals surface area (Å²) in [5.41, 5.74) is 4.47. The first-order chi connectivity index (χ1) is 15.5. The van der Waals surface area contributed by atoms with Crippen LogP contribution >= 0.6 is 0 Å². The number of rotatable bonds is 7. The summed E-state index contributed by atoms with van der Waals surface area (Å²) >= 11 is 0. The number of H-pyrrole nitrogens is 1. The van der Waals surface area contributed by atoms with E-state index >= 15 is 0 Å². The van der Waals surface area contributed by atoms with Crippen LogP contribution in [0.2, 0.25) is 0 Å². The van der Waals surface area contributed by atoms with Crippen molar-refractivity contribution in [2.24, 2.45) is 5.73 Å². The molecule has 0 fully saturated rings. The molecule has 0 spiro atoms. The molecule has 2 aromatic heterocycles. The standard InChI is InChI=1S/C22H22F2N4O4S/c1-12(2)17-18(22(30)28(3)11-14-15(23)9-26-10-16(14)24)27-19(21(25)29)20(17)33(31,32)13-7-5-4-6-8-13/h4-10,12,27H,11H2,1-3H3,(H2,25,29). The second-order valence-corrected chi connectivity index (χ2v) is 9.58. The number of hydrogen-bond acceptors (Lipinski definition) is 5. The maximum absolute atomic E-state index is 14.0. The molecule has 0 atom stereocenters. The Morgan fingerprint density at radius 1 is 1.09 bits per heavy atom. The number of nitrogens with two attached hydrogens (primary N) is 1. The average molecular weight is 477 g/mol. The summed E-state index contributed by atoms with van der Waals surface area (Å²) in [5.74, 6) is -4.24. The van der Waals surface area contributed by atoms with E-state index in [1.54, 1.807) is 19.9 Å². The second kappa shape index (κ2) is 9.10. The number of sulfone groups is 1. The first-order valence-corrected chi connectivity index (χ1v) is 11.3. The molecule has 0 bridgehead atoms. The highest BCUT2D eigenvalue weighted by Crippen LogP contribution is 2.35. The monoisotopic (exact) mass is 476 g/mol. The Kier molecular flexibility index (Phi) is 6.63. The maximum atomic E-state index is 14.0. The van der Waals surface area contributed by atoms with Gasteiger partial charge in [0, 0.05) is 18.2 Å². The topological polar surface area (TPSA) is 126 Å². The van der Waals surface area contributed by atoms with Crippen molar-refractivity contribution in [1.29, 1.82) is 0 Å². The molecule has 33 heavy (non-hydrogen) atoms. The largest absolute Gasteiger partial charge is 0.364 e. The molecule has 0 saturated carbocycles. The molecule has 2 amide bonds. The van der Waals surface area contributed by atoms with Crippen LogP contribution in [-0.2, 0) is 16.4 Å². The van der Waals surface area contributed by atoms with Gasteiger partial charge < -0.3 is 15.6 Å². The number of aromatic amines is 1. The van der Waals surface area contributed by atoms with Crippen LogP contribution in [0, 0.1) is 11.6 Å². The number of benzene rings is 1. The minimum atomic E-state index is -4.23. The number of hydrogen-bond donors (Lipinski definition) is 2. The molecule has 8 nitrogen and oxygen atoms in total. The van der Waals surface area contributed by atoms with Crippen LogP contribution in [0.1, 0.15) is 51.9 Å². The number of carbonyl (C=O) groups is 2. The van der Waals surface area contributed by atoms with Crippen molar-refractivity contribution in [3.63, 3.8) is 0 Å². The van der Waals surface area contributed by atoms with Gasteiger partial charge in [0.1, 0.15) is 27.9 Å². The van der Waals surface area contributed by atoms with E-state index in [1.165, 1.54) is 31.3 Å². The lowest BCUT2D eigenvalue weighted by Crippen LogP contribution is -2.28. The van der Waals surface area contributed by atoms with Crippen LogP contribution < -0.4 is 5.73 Å². The van der Waals surface area contributed by atoms with Gasteiger partial charge in [-0.15, -0.1) is 0 Å². The number of amides is 2. The van der Waals surface area contributed by atoms with E-state index in [0.717, 1.165) is 17.3 Å². The van der Waals surface area contributed by atoms with E-state index in [9.17, 15) is 26.8 Å². The van der Waals surface area contributed by atoms with Crippen LogP contribution in [-0.4, -0.2) is 42.1 Å². The van der Waals surface area contributed by atoms with Crippen molar-refractivity contribution < 1.29 is 26.8 Å². The van der Waals surface area contributed by atoms with Gasteiger partial charge in [-0.25, -0.2) is 17.2 Å². The van der Waals surface area contributed by atoms with Crippen molar-refractivity contribution in [3.05, 3.63) is 76.9 Å². The first-order valence-electron chi connectivity index (χ1n) is 9.85. The van der Waals surface area contributed by atoms with Gasteiger partial charge in [-0.1, -0.05) is 32.0 Å². The Morgan fingerprint density at radius 2 is 1.67 bits per heavy atom. The van der Waals surface area contributed by atoms with Crippen molar-refractivity contribution in [3.8, 4) is 0 Å². The van der Waals surface area contributed by atoms with Crippen LogP contribution in [0.3, 0.4) is 0 Å². The summed E-state index contributed by atoms with van der Waals surface area (Å²) < 4.78 is 54.9. The lowest BCUT2D eigenvalue weighted by atomic mass is 10.0. The number of pyridine rings is 1. The SMILES string of the molecule is CC(C)c1c(C(=O)N(C)Cc2c(F)cncc2F)[nH]c(C(N)=O)c1S(=O)(=O)c1ccccc1. The minimum absolute atomic E-state index is 0.0557.